The molecule has 1 aromatic rings. The Morgan fingerprint density at radius 1 is 1.04 bits per heavy atom. The van der Waals surface area contributed by atoms with Gasteiger partial charge in [0, 0.05) is 32.8 Å². The Hall–Kier alpha value is -1.02. The van der Waals surface area contributed by atoms with Gasteiger partial charge in [-0.3, -0.25) is 4.90 Å². The van der Waals surface area contributed by atoms with Crippen LogP contribution >= 0.6 is 0 Å². The molecule has 0 aromatic heterocycles. The summed E-state index contributed by atoms with van der Waals surface area (Å²) >= 11 is 0. The normalized spacial score (nSPS) is 19.1. The van der Waals surface area contributed by atoms with E-state index in [9.17, 15) is 0 Å². The van der Waals surface area contributed by atoms with Crippen LogP contribution in [-0.2, 0) is 18.9 Å². The maximum absolute atomic E-state index is 5.95. The maximum Gasteiger partial charge on any atom is 0.0715 e. The first-order chi connectivity index (χ1) is 12.8. The minimum Gasteiger partial charge on any atom is -0.382 e. The molecule has 1 heterocycles. The van der Waals surface area contributed by atoms with Crippen molar-refractivity contribution in [3.8, 4) is 0 Å². The van der Waals surface area contributed by atoms with Gasteiger partial charge >= 0.3 is 0 Å². The number of nitrogens with one attached hydrogen (secondary N) is 1. The summed E-state index contributed by atoms with van der Waals surface area (Å²) < 4.78 is 21.7. The van der Waals surface area contributed by atoms with E-state index in [2.05, 4.69) is 40.5 Å². The summed E-state index contributed by atoms with van der Waals surface area (Å²) in [5.41, 5.74) is 1.33. The van der Waals surface area contributed by atoms with E-state index < -0.39 is 0 Å². The van der Waals surface area contributed by atoms with Gasteiger partial charge in [0.1, 0.15) is 0 Å². The molecule has 6 nitrogen and oxygen atoms in total. The van der Waals surface area contributed by atoms with E-state index in [-0.39, 0.29) is 0 Å². The van der Waals surface area contributed by atoms with Gasteiger partial charge in [0.25, 0.3) is 0 Å². The van der Waals surface area contributed by atoms with Gasteiger partial charge in [-0.25, -0.2) is 0 Å². The minimum atomic E-state index is 0.310. The number of methoxy groups -OCH3 is 1. The second-order valence-corrected chi connectivity index (χ2v) is 6.51. The molecule has 2 atom stereocenters. The van der Waals surface area contributed by atoms with Crippen LogP contribution in [0.4, 0.5) is 0 Å². The van der Waals surface area contributed by atoms with Crippen LogP contribution in [0.15, 0.2) is 30.3 Å². The molecule has 0 saturated carbocycles. The van der Waals surface area contributed by atoms with E-state index in [4.69, 9.17) is 18.9 Å². The Kier molecular flexibility index (Phi) is 10.8. The fourth-order valence-electron chi connectivity index (χ4n) is 3.14. The van der Waals surface area contributed by atoms with Crippen LogP contribution in [0.25, 0.3) is 0 Å². The highest BCUT2D eigenvalue weighted by molar-refractivity contribution is 5.19. The number of ether oxygens (including phenoxy) is 4. The number of hydrogen-bond donors (Lipinski definition) is 1. The quantitative estimate of drug-likeness (QED) is 0.506. The van der Waals surface area contributed by atoms with Crippen LogP contribution in [0.1, 0.15) is 18.0 Å². The zero-order valence-corrected chi connectivity index (χ0v) is 16.2. The Balaban J connectivity index is 1.53. The Morgan fingerprint density at radius 3 is 2.42 bits per heavy atom. The first kappa shape index (κ1) is 21.3. The molecule has 26 heavy (non-hydrogen) atoms. The lowest BCUT2D eigenvalue weighted by atomic mass is 10.1. The fourth-order valence-corrected chi connectivity index (χ4v) is 3.14. The zero-order chi connectivity index (χ0) is 18.5. The molecule has 2 unspecified atom stereocenters. The van der Waals surface area contributed by atoms with E-state index >= 15 is 0 Å². The van der Waals surface area contributed by atoms with Gasteiger partial charge in [-0.05, 0) is 19.0 Å². The van der Waals surface area contributed by atoms with Crippen molar-refractivity contribution >= 4 is 0 Å². The van der Waals surface area contributed by atoms with Gasteiger partial charge in [-0.2, -0.15) is 0 Å². The second-order valence-electron chi connectivity index (χ2n) is 6.51. The number of likely N-dealkylation sites (tertiary alicyclic amines) is 1. The van der Waals surface area contributed by atoms with Crippen LogP contribution in [0.2, 0.25) is 0 Å². The molecule has 1 saturated heterocycles. The number of rotatable bonds is 14. The molecule has 1 aliphatic rings. The summed E-state index contributed by atoms with van der Waals surface area (Å²) in [7, 11) is 3.69. The molecular weight excluding hydrogens is 332 g/mol. The van der Waals surface area contributed by atoms with Gasteiger partial charge in [-0.1, -0.05) is 30.3 Å². The second kappa shape index (κ2) is 13.2. The zero-order valence-electron chi connectivity index (χ0n) is 16.2. The summed E-state index contributed by atoms with van der Waals surface area (Å²) in [5, 5.41) is 3.42. The summed E-state index contributed by atoms with van der Waals surface area (Å²) in [5.74, 6) is 0. The topological polar surface area (TPSA) is 52.2 Å². The predicted molar refractivity (Wildman–Crippen MR) is 103 cm³/mol. The lowest BCUT2D eigenvalue weighted by Gasteiger charge is -2.24. The number of benzene rings is 1. The molecule has 1 aliphatic heterocycles. The average Bonchev–Trinajstić information content (AvgIpc) is 3.13. The van der Waals surface area contributed by atoms with E-state index in [1.54, 1.807) is 7.11 Å². The third-order valence-electron chi connectivity index (χ3n) is 4.61. The standard InChI is InChI=1S/C20H34N2O4/c1-21-20(18-6-4-3-5-7-18)17-22-9-8-19(16-22)26-15-14-25-13-12-24-11-10-23-2/h3-7,19-21H,8-17H2,1-2H3. The molecule has 0 bridgehead atoms. The van der Waals surface area contributed by atoms with Crippen molar-refractivity contribution in [2.45, 2.75) is 18.6 Å². The Morgan fingerprint density at radius 2 is 1.73 bits per heavy atom. The van der Waals surface area contributed by atoms with Gasteiger partial charge in [0.05, 0.1) is 45.7 Å². The molecule has 0 spiro atoms. The van der Waals surface area contributed by atoms with Crippen molar-refractivity contribution in [3.05, 3.63) is 35.9 Å². The molecule has 6 heteroatoms. The summed E-state index contributed by atoms with van der Waals surface area (Å²) in [6.45, 7) is 6.80. The van der Waals surface area contributed by atoms with Crippen molar-refractivity contribution in [2.24, 2.45) is 0 Å². The minimum absolute atomic E-state index is 0.310. The van der Waals surface area contributed by atoms with E-state index in [0.29, 0.717) is 51.8 Å². The molecule has 2 rings (SSSR count). The van der Waals surface area contributed by atoms with Crippen LogP contribution in [-0.4, -0.2) is 84.4 Å². The van der Waals surface area contributed by atoms with E-state index in [1.165, 1.54) is 5.56 Å². The Bertz CT molecular complexity index is 460. The molecule has 0 amide bonds. The highest BCUT2D eigenvalue weighted by Gasteiger charge is 2.25. The van der Waals surface area contributed by atoms with Gasteiger partial charge in [-0.15, -0.1) is 0 Å². The summed E-state index contributed by atoms with van der Waals surface area (Å²) in [6, 6.07) is 11.0. The van der Waals surface area contributed by atoms with Crippen LogP contribution < -0.4 is 5.32 Å². The van der Waals surface area contributed by atoms with Crippen molar-refractivity contribution in [2.75, 3.05) is 73.4 Å². The highest BCUT2D eigenvalue weighted by atomic mass is 16.6. The summed E-state index contributed by atoms with van der Waals surface area (Å²) in [4.78, 5) is 2.48. The van der Waals surface area contributed by atoms with Crippen LogP contribution in [0.3, 0.4) is 0 Å². The molecule has 1 N–H and O–H groups in total. The number of likely N-dealkylation sites (N-methyl/N-ethyl adjacent to an activating group) is 1. The van der Waals surface area contributed by atoms with E-state index in [0.717, 1.165) is 26.1 Å². The van der Waals surface area contributed by atoms with Crippen molar-refractivity contribution in [1.82, 2.24) is 10.2 Å². The maximum atomic E-state index is 5.95. The monoisotopic (exact) mass is 366 g/mol. The molecule has 0 radical (unpaired) electrons. The third-order valence-corrected chi connectivity index (χ3v) is 4.61. The fraction of sp³-hybridized carbons (Fsp3) is 0.700. The van der Waals surface area contributed by atoms with Crippen LogP contribution in [0, 0.1) is 0 Å². The largest absolute Gasteiger partial charge is 0.382 e. The summed E-state index contributed by atoms with van der Waals surface area (Å²) in [6.07, 6.45) is 1.40. The van der Waals surface area contributed by atoms with Gasteiger partial charge in [0.2, 0.25) is 0 Å². The molecule has 148 valence electrons. The predicted octanol–water partition coefficient (Wildman–Crippen LogP) is 1.72. The van der Waals surface area contributed by atoms with Crippen LogP contribution in [0.5, 0.6) is 0 Å². The van der Waals surface area contributed by atoms with Crippen molar-refractivity contribution < 1.29 is 18.9 Å². The van der Waals surface area contributed by atoms with Gasteiger partial charge < -0.3 is 24.3 Å². The molecule has 1 fully saturated rings. The molecule has 0 aliphatic carbocycles. The smallest absolute Gasteiger partial charge is 0.0715 e. The molecular formula is C20H34N2O4. The SMILES string of the molecule is CNC(CN1CCC(OCCOCCOCCOC)C1)c1ccccc1. The van der Waals surface area contributed by atoms with Crippen molar-refractivity contribution in [3.63, 3.8) is 0 Å². The highest BCUT2D eigenvalue weighted by Crippen LogP contribution is 2.18. The Labute approximate surface area is 157 Å². The van der Waals surface area contributed by atoms with Gasteiger partial charge in [0.15, 0.2) is 0 Å². The molecule has 1 aromatic carbocycles. The van der Waals surface area contributed by atoms with E-state index in [1.807, 2.05) is 7.05 Å². The number of nitrogens with zero attached hydrogens (tertiary/aromatic N) is 1. The average molecular weight is 367 g/mol. The first-order valence-electron chi connectivity index (χ1n) is 9.54. The lowest BCUT2D eigenvalue weighted by molar-refractivity contribution is -0.0137. The number of hydrogen-bond acceptors (Lipinski definition) is 6. The van der Waals surface area contributed by atoms with Crippen molar-refractivity contribution in [1.29, 1.82) is 0 Å². The first-order valence-corrected chi connectivity index (χ1v) is 9.54. The lowest BCUT2D eigenvalue weighted by Crippen LogP contribution is -2.33. The third kappa shape index (κ3) is 8.12.